The Hall–Kier alpha value is -0.890. The number of halogens is 1. The van der Waals surface area contributed by atoms with Gasteiger partial charge < -0.3 is 9.47 Å². The van der Waals surface area contributed by atoms with Crippen LogP contribution in [0.3, 0.4) is 0 Å². The Kier molecular flexibility index (Phi) is 2.08. The second kappa shape index (κ2) is 3.11. The van der Waals surface area contributed by atoms with Gasteiger partial charge in [0.1, 0.15) is 6.61 Å². The number of fused-ring (bicyclic) bond motifs is 1. The van der Waals surface area contributed by atoms with Gasteiger partial charge in [0, 0.05) is 0 Å². The number of benzene rings is 1. The highest BCUT2D eigenvalue weighted by atomic mass is 35.5. The first kappa shape index (κ1) is 8.70. The standard InChI is InChI=1S/C10H11ClO2/c1-10(6-11)7-12-8-4-2-3-5-9(8)13-10/h2-5H,6-7H2,1H3. The minimum atomic E-state index is -0.393. The number of rotatable bonds is 1. The van der Waals surface area contributed by atoms with Gasteiger partial charge in [-0.2, -0.15) is 0 Å². The van der Waals surface area contributed by atoms with Crippen LogP contribution in [-0.2, 0) is 0 Å². The van der Waals surface area contributed by atoms with E-state index in [1.54, 1.807) is 0 Å². The molecule has 0 fully saturated rings. The van der Waals surface area contributed by atoms with E-state index in [-0.39, 0.29) is 0 Å². The Morgan fingerprint density at radius 1 is 1.38 bits per heavy atom. The fraction of sp³-hybridized carbons (Fsp3) is 0.400. The van der Waals surface area contributed by atoms with Crippen LogP contribution in [0, 0.1) is 0 Å². The molecule has 1 aromatic carbocycles. The van der Waals surface area contributed by atoms with Crippen molar-refractivity contribution in [2.24, 2.45) is 0 Å². The first-order valence-corrected chi connectivity index (χ1v) is 4.74. The lowest BCUT2D eigenvalue weighted by Crippen LogP contribution is -2.43. The fourth-order valence-electron chi connectivity index (χ4n) is 1.24. The average molecular weight is 199 g/mol. The molecule has 1 aliphatic heterocycles. The van der Waals surface area contributed by atoms with Crippen molar-refractivity contribution in [1.82, 2.24) is 0 Å². The number of hydrogen-bond acceptors (Lipinski definition) is 2. The summed E-state index contributed by atoms with van der Waals surface area (Å²) in [5.74, 6) is 2.00. The molecule has 1 atom stereocenters. The van der Waals surface area contributed by atoms with Crippen LogP contribution in [0.5, 0.6) is 11.5 Å². The molecule has 1 aliphatic rings. The molecule has 0 saturated carbocycles. The van der Waals surface area contributed by atoms with E-state index in [2.05, 4.69) is 0 Å². The molecular weight excluding hydrogens is 188 g/mol. The summed E-state index contributed by atoms with van der Waals surface area (Å²) < 4.78 is 11.2. The number of hydrogen-bond donors (Lipinski definition) is 0. The van der Waals surface area contributed by atoms with Crippen LogP contribution in [0.15, 0.2) is 24.3 Å². The Labute approximate surface area is 82.4 Å². The van der Waals surface area contributed by atoms with E-state index in [1.807, 2.05) is 31.2 Å². The van der Waals surface area contributed by atoms with Gasteiger partial charge in [-0.25, -0.2) is 0 Å². The fourth-order valence-corrected chi connectivity index (χ4v) is 1.38. The second-order valence-corrected chi connectivity index (χ2v) is 3.69. The van der Waals surface area contributed by atoms with Crippen molar-refractivity contribution in [2.45, 2.75) is 12.5 Å². The molecule has 1 aromatic rings. The summed E-state index contributed by atoms with van der Waals surface area (Å²) >= 11 is 5.78. The molecule has 0 aromatic heterocycles. The third kappa shape index (κ3) is 1.59. The quantitative estimate of drug-likeness (QED) is 0.646. The molecule has 1 heterocycles. The topological polar surface area (TPSA) is 18.5 Å². The minimum Gasteiger partial charge on any atom is -0.485 e. The maximum atomic E-state index is 5.78. The second-order valence-electron chi connectivity index (χ2n) is 3.42. The summed E-state index contributed by atoms with van der Waals surface area (Å²) in [5, 5.41) is 0. The monoisotopic (exact) mass is 198 g/mol. The van der Waals surface area contributed by atoms with Crippen molar-refractivity contribution in [2.75, 3.05) is 12.5 Å². The van der Waals surface area contributed by atoms with E-state index in [4.69, 9.17) is 21.1 Å². The van der Waals surface area contributed by atoms with Crippen LogP contribution < -0.4 is 9.47 Å². The third-order valence-corrected chi connectivity index (χ3v) is 2.59. The molecule has 0 aliphatic carbocycles. The predicted octanol–water partition coefficient (Wildman–Crippen LogP) is 2.46. The lowest BCUT2D eigenvalue weighted by atomic mass is 10.1. The summed E-state index contributed by atoms with van der Waals surface area (Å²) in [6.07, 6.45) is 0. The normalized spacial score (nSPS) is 25.7. The van der Waals surface area contributed by atoms with Crippen molar-refractivity contribution in [3.63, 3.8) is 0 Å². The van der Waals surface area contributed by atoms with Gasteiger partial charge in [0.15, 0.2) is 17.1 Å². The van der Waals surface area contributed by atoms with Crippen LogP contribution in [0.2, 0.25) is 0 Å². The van der Waals surface area contributed by atoms with Gasteiger partial charge >= 0.3 is 0 Å². The van der Waals surface area contributed by atoms with Gasteiger partial charge in [-0.1, -0.05) is 12.1 Å². The van der Waals surface area contributed by atoms with Gasteiger partial charge in [-0.15, -0.1) is 11.6 Å². The van der Waals surface area contributed by atoms with Gasteiger partial charge in [0.2, 0.25) is 0 Å². The summed E-state index contributed by atoms with van der Waals surface area (Å²) in [5.41, 5.74) is -0.393. The number of alkyl halides is 1. The van der Waals surface area contributed by atoms with Gasteiger partial charge in [-0.3, -0.25) is 0 Å². The Balaban J connectivity index is 2.29. The first-order chi connectivity index (χ1) is 6.23. The van der Waals surface area contributed by atoms with E-state index >= 15 is 0 Å². The minimum absolute atomic E-state index is 0.393. The molecule has 2 nitrogen and oxygen atoms in total. The van der Waals surface area contributed by atoms with E-state index in [0.717, 1.165) is 11.5 Å². The van der Waals surface area contributed by atoms with Gasteiger partial charge in [-0.05, 0) is 19.1 Å². The SMILES string of the molecule is CC1(CCl)COc2ccccc2O1. The van der Waals surface area contributed by atoms with Gasteiger partial charge in [0.05, 0.1) is 5.88 Å². The van der Waals surface area contributed by atoms with Crippen LogP contribution in [0.4, 0.5) is 0 Å². The van der Waals surface area contributed by atoms with Crippen LogP contribution >= 0.6 is 11.6 Å². The molecule has 0 spiro atoms. The summed E-state index contributed by atoms with van der Waals surface area (Å²) in [6, 6.07) is 7.62. The third-order valence-electron chi connectivity index (χ3n) is 2.02. The molecule has 0 amide bonds. The van der Waals surface area contributed by atoms with Crippen LogP contribution in [0.1, 0.15) is 6.92 Å². The summed E-state index contributed by atoms with van der Waals surface area (Å²) in [7, 11) is 0. The molecule has 2 rings (SSSR count). The smallest absolute Gasteiger partial charge is 0.162 e. The highest BCUT2D eigenvalue weighted by molar-refractivity contribution is 6.18. The van der Waals surface area contributed by atoms with Crippen molar-refractivity contribution >= 4 is 11.6 Å². The van der Waals surface area contributed by atoms with E-state index in [0.29, 0.717) is 12.5 Å². The van der Waals surface area contributed by atoms with Crippen molar-refractivity contribution in [1.29, 1.82) is 0 Å². The van der Waals surface area contributed by atoms with Crippen LogP contribution in [0.25, 0.3) is 0 Å². The van der Waals surface area contributed by atoms with Gasteiger partial charge in [0.25, 0.3) is 0 Å². The molecule has 0 bridgehead atoms. The van der Waals surface area contributed by atoms with E-state index in [9.17, 15) is 0 Å². The molecule has 3 heteroatoms. The highest BCUT2D eigenvalue weighted by Crippen LogP contribution is 2.34. The maximum absolute atomic E-state index is 5.78. The zero-order valence-electron chi connectivity index (χ0n) is 7.42. The predicted molar refractivity (Wildman–Crippen MR) is 51.7 cm³/mol. The Morgan fingerprint density at radius 3 is 2.77 bits per heavy atom. The van der Waals surface area contributed by atoms with Crippen molar-refractivity contribution in [3.8, 4) is 11.5 Å². The average Bonchev–Trinajstić information content (AvgIpc) is 2.18. The highest BCUT2D eigenvalue weighted by Gasteiger charge is 2.31. The number of ether oxygens (including phenoxy) is 2. The van der Waals surface area contributed by atoms with Crippen molar-refractivity contribution < 1.29 is 9.47 Å². The summed E-state index contributed by atoms with van der Waals surface area (Å²) in [4.78, 5) is 0. The largest absolute Gasteiger partial charge is 0.485 e. The lowest BCUT2D eigenvalue weighted by Gasteiger charge is -2.33. The van der Waals surface area contributed by atoms with Crippen molar-refractivity contribution in [3.05, 3.63) is 24.3 Å². The molecule has 1 unspecified atom stereocenters. The maximum Gasteiger partial charge on any atom is 0.162 e. The molecule has 0 N–H and O–H groups in total. The molecule has 0 radical (unpaired) electrons. The van der Waals surface area contributed by atoms with E-state index < -0.39 is 5.60 Å². The lowest BCUT2D eigenvalue weighted by molar-refractivity contribution is 0.0241. The molecule has 70 valence electrons. The summed E-state index contributed by atoms with van der Waals surface area (Å²) in [6.45, 7) is 2.45. The molecule has 13 heavy (non-hydrogen) atoms. The zero-order valence-corrected chi connectivity index (χ0v) is 8.17. The Morgan fingerprint density at radius 2 is 2.08 bits per heavy atom. The zero-order chi connectivity index (χ0) is 9.31. The van der Waals surface area contributed by atoms with E-state index in [1.165, 1.54) is 0 Å². The Bertz CT molecular complexity index is 314. The number of para-hydroxylation sites is 2. The molecule has 0 saturated heterocycles. The van der Waals surface area contributed by atoms with Crippen LogP contribution in [-0.4, -0.2) is 18.1 Å². The molecular formula is C10H11ClO2. The first-order valence-electron chi connectivity index (χ1n) is 4.20.